The minimum absolute atomic E-state index is 0.405. The summed E-state index contributed by atoms with van der Waals surface area (Å²) >= 11 is 0. The molecule has 1 heterocycles. The molecular weight excluding hydrogens is 258 g/mol. The molecule has 0 aliphatic carbocycles. The van der Waals surface area contributed by atoms with Gasteiger partial charge in [0, 0.05) is 43.3 Å². The number of benzene rings is 1. The van der Waals surface area contributed by atoms with Crippen LogP contribution in [0, 0.1) is 17.6 Å². The third-order valence-electron chi connectivity index (χ3n) is 3.86. The fraction of sp³-hybridized carbons (Fsp3) is 0.625. The first kappa shape index (κ1) is 15.4. The Morgan fingerprint density at radius 2 is 2.10 bits per heavy atom. The molecule has 1 aromatic carbocycles. The van der Waals surface area contributed by atoms with Gasteiger partial charge in [-0.2, -0.15) is 0 Å². The highest BCUT2D eigenvalue weighted by Gasteiger charge is 2.26. The van der Waals surface area contributed by atoms with Crippen LogP contribution in [0.1, 0.15) is 32.8 Å². The number of halogens is 2. The van der Waals surface area contributed by atoms with Crippen LogP contribution in [0.5, 0.6) is 0 Å². The number of hydrogen-bond acceptors (Lipinski definition) is 2. The van der Waals surface area contributed by atoms with Gasteiger partial charge in [-0.3, -0.25) is 4.90 Å². The van der Waals surface area contributed by atoms with E-state index in [-0.39, 0.29) is 0 Å². The molecule has 1 saturated heterocycles. The predicted octanol–water partition coefficient (Wildman–Crippen LogP) is 3.17. The molecule has 2 unspecified atom stereocenters. The van der Waals surface area contributed by atoms with Crippen LogP contribution in [-0.4, -0.2) is 30.1 Å². The predicted molar refractivity (Wildman–Crippen MR) is 77.5 cm³/mol. The Labute approximate surface area is 120 Å². The fourth-order valence-electron chi connectivity index (χ4n) is 2.87. The molecule has 1 aromatic rings. The summed E-state index contributed by atoms with van der Waals surface area (Å²) in [5.41, 5.74) is 0.578. The van der Waals surface area contributed by atoms with Gasteiger partial charge < -0.3 is 5.32 Å². The SMILES string of the molecule is CC(C)CC1CNC(C)CN1Cc1ccc(F)cc1F. The summed E-state index contributed by atoms with van der Waals surface area (Å²) < 4.78 is 26.8. The lowest BCUT2D eigenvalue weighted by atomic mass is 9.98. The topological polar surface area (TPSA) is 15.3 Å². The van der Waals surface area contributed by atoms with E-state index in [2.05, 4.69) is 31.0 Å². The maximum atomic E-state index is 13.8. The monoisotopic (exact) mass is 282 g/mol. The van der Waals surface area contributed by atoms with Gasteiger partial charge in [0.05, 0.1) is 0 Å². The van der Waals surface area contributed by atoms with Crippen molar-refractivity contribution in [3.05, 3.63) is 35.4 Å². The minimum Gasteiger partial charge on any atom is -0.311 e. The summed E-state index contributed by atoms with van der Waals surface area (Å²) in [5.74, 6) is -0.353. The van der Waals surface area contributed by atoms with Gasteiger partial charge >= 0.3 is 0 Å². The molecule has 2 rings (SSSR count). The maximum absolute atomic E-state index is 13.8. The highest BCUT2D eigenvalue weighted by Crippen LogP contribution is 2.20. The molecule has 0 aromatic heterocycles. The second-order valence-corrected chi connectivity index (χ2v) is 6.26. The summed E-state index contributed by atoms with van der Waals surface area (Å²) in [4.78, 5) is 2.32. The van der Waals surface area contributed by atoms with Crippen LogP contribution in [0.3, 0.4) is 0 Å². The van der Waals surface area contributed by atoms with Crippen molar-refractivity contribution in [3.8, 4) is 0 Å². The summed E-state index contributed by atoms with van der Waals surface area (Å²) in [5, 5.41) is 3.48. The Bertz CT molecular complexity index is 448. The van der Waals surface area contributed by atoms with Crippen LogP contribution in [0.4, 0.5) is 8.78 Å². The third kappa shape index (κ3) is 4.00. The van der Waals surface area contributed by atoms with Crippen molar-refractivity contribution in [1.29, 1.82) is 0 Å². The van der Waals surface area contributed by atoms with Gasteiger partial charge in [-0.1, -0.05) is 19.9 Å². The van der Waals surface area contributed by atoms with Crippen molar-refractivity contribution < 1.29 is 8.78 Å². The van der Waals surface area contributed by atoms with E-state index < -0.39 is 11.6 Å². The largest absolute Gasteiger partial charge is 0.311 e. The summed E-state index contributed by atoms with van der Waals surface area (Å²) in [7, 11) is 0. The van der Waals surface area contributed by atoms with Crippen LogP contribution in [0.25, 0.3) is 0 Å². The summed E-state index contributed by atoms with van der Waals surface area (Å²) in [6, 6.07) is 4.68. The maximum Gasteiger partial charge on any atom is 0.130 e. The molecule has 0 amide bonds. The van der Waals surface area contributed by atoms with E-state index in [0.29, 0.717) is 30.1 Å². The quantitative estimate of drug-likeness (QED) is 0.912. The molecule has 0 saturated carbocycles. The van der Waals surface area contributed by atoms with Gasteiger partial charge in [-0.15, -0.1) is 0 Å². The van der Waals surface area contributed by atoms with E-state index in [9.17, 15) is 8.78 Å². The van der Waals surface area contributed by atoms with Crippen LogP contribution >= 0.6 is 0 Å². The molecule has 0 spiro atoms. The number of rotatable bonds is 4. The summed E-state index contributed by atoms with van der Waals surface area (Å²) in [6.07, 6.45) is 1.09. The Morgan fingerprint density at radius 1 is 1.35 bits per heavy atom. The lowest BCUT2D eigenvalue weighted by Crippen LogP contribution is -2.55. The molecule has 2 atom stereocenters. The highest BCUT2D eigenvalue weighted by molar-refractivity contribution is 5.18. The number of nitrogens with zero attached hydrogens (tertiary/aromatic N) is 1. The average molecular weight is 282 g/mol. The Balaban J connectivity index is 2.10. The Hall–Kier alpha value is -1.00. The van der Waals surface area contributed by atoms with Crippen molar-refractivity contribution >= 4 is 0 Å². The third-order valence-corrected chi connectivity index (χ3v) is 3.86. The average Bonchev–Trinajstić information content (AvgIpc) is 2.35. The van der Waals surface area contributed by atoms with E-state index in [1.54, 1.807) is 6.07 Å². The zero-order valence-corrected chi connectivity index (χ0v) is 12.5. The van der Waals surface area contributed by atoms with Crippen LogP contribution in [0.2, 0.25) is 0 Å². The van der Waals surface area contributed by atoms with Gasteiger partial charge in [-0.25, -0.2) is 8.78 Å². The van der Waals surface area contributed by atoms with Crippen molar-refractivity contribution in [1.82, 2.24) is 10.2 Å². The molecule has 1 aliphatic heterocycles. The second kappa shape index (κ2) is 6.64. The van der Waals surface area contributed by atoms with Gasteiger partial charge in [0.1, 0.15) is 11.6 Å². The fourth-order valence-corrected chi connectivity index (χ4v) is 2.87. The minimum atomic E-state index is -0.515. The molecule has 112 valence electrons. The summed E-state index contributed by atoms with van der Waals surface area (Å²) in [6.45, 7) is 8.93. The van der Waals surface area contributed by atoms with Crippen molar-refractivity contribution in [2.45, 2.75) is 45.8 Å². The zero-order chi connectivity index (χ0) is 14.7. The first-order chi connectivity index (χ1) is 9.45. The normalized spacial score (nSPS) is 24.3. The van der Waals surface area contributed by atoms with E-state index in [4.69, 9.17) is 0 Å². The van der Waals surface area contributed by atoms with E-state index in [1.807, 2.05) is 0 Å². The van der Waals surface area contributed by atoms with Crippen LogP contribution < -0.4 is 5.32 Å². The van der Waals surface area contributed by atoms with Gasteiger partial charge in [-0.05, 0) is 25.3 Å². The van der Waals surface area contributed by atoms with Gasteiger partial charge in [0.25, 0.3) is 0 Å². The lowest BCUT2D eigenvalue weighted by Gasteiger charge is -2.40. The lowest BCUT2D eigenvalue weighted by molar-refractivity contribution is 0.110. The highest BCUT2D eigenvalue weighted by atomic mass is 19.1. The first-order valence-electron chi connectivity index (χ1n) is 7.37. The molecule has 1 N–H and O–H groups in total. The van der Waals surface area contributed by atoms with Crippen molar-refractivity contribution in [2.24, 2.45) is 5.92 Å². The van der Waals surface area contributed by atoms with E-state index >= 15 is 0 Å². The van der Waals surface area contributed by atoms with E-state index in [1.165, 1.54) is 6.07 Å². The molecule has 1 aliphatic rings. The van der Waals surface area contributed by atoms with Gasteiger partial charge in [0.15, 0.2) is 0 Å². The number of piperazine rings is 1. The molecule has 0 radical (unpaired) electrons. The Kier molecular flexibility index (Phi) is 5.11. The van der Waals surface area contributed by atoms with Crippen LogP contribution in [-0.2, 0) is 6.54 Å². The van der Waals surface area contributed by atoms with E-state index in [0.717, 1.165) is 25.6 Å². The van der Waals surface area contributed by atoms with Crippen LogP contribution in [0.15, 0.2) is 18.2 Å². The smallest absolute Gasteiger partial charge is 0.130 e. The molecule has 0 bridgehead atoms. The number of nitrogens with one attached hydrogen (secondary N) is 1. The number of hydrogen-bond donors (Lipinski definition) is 1. The standard InChI is InChI=1S/C16H24F2N2/c1-11(2)6-15-8-19-12(3)9-20(15)10-13-4-5-14(17)7-16(13)18/h4-5,7,11-12,15,19H,6,8-10H2,1-3H3. The first-order valence-corrected chi connectivity index (χ1v) is 7.37. The van der Waals surface area contributed by atoms with Crippen molar-refractivity contribution in [2.75, 3.05) is 13.1 Å². The molecule has 1 fully saturated rings. The Morgan fingerprint density at radius 3 is 2.75 bits per heavy atom. The van der Waals surface area contributed by atoms with Crippen molar-refractivity contribution in [3.63, 3.8) is 0 Å². The molecule has 2 nitrogen and oxygen atoms in total. The molecular formula is C16H24F2N2. The van der Waals surface area contributed by atoms with Gasteiger partial charge in [0.2, 0.25) is 0 Å². The zero-order valence-electron chi connectivity index (χ0n) is 12.5. The molecule has 4 heteroatoms. The second-order valence-electron chi connectivity index (χ2n) is 6.26. The molecule has 20 heavy (non-hydrogen) atoms.